The van der Waals surface area contributed by atoms with Crippen molar-refractivity contribution in [2.45, 2.75) is 19.9 Å². The van der Waals surface area contributed by atoms with Crippen LogP contribution in [0.2, 0.25) is 0 Å². The third-order valence-corrected chi connectivity index (χ3v) is 4.92. The average molecular weight is 340 g/mol. The molecule has 25 heavy (non-hydrogen) atoms. The van der Waals surface area contributed by atoms with Gasteiger partial charge >= 0.3 is 12.0 Å². The normalized spacial score (nSPS) is 19.2. The maximum atomic E-state index is 12.7. The smallest absolute Gasteiger partial charge is 0.407 e. The molecule has 0 spiro atoms. The third-order valence-electron chi connectivity index (χ3n) is 4.92. The van der Waals surface area contributed by atoms with Crippen molar-refractivity contribution in [2.75, 3.05) is 14.1 Å². The molecule has 2 aliphatic heterocycles. The van der Waals surface area contributed by atoms with Crippen molar-refractivity contribution in [1.82, 2.24) is 14.4 Å². The van der Waals surface area contributed by atoms with Crippen LogP contribution in [0.3, 0.4) is 0 Å². The number of aliphatic imine (C=N–C) groups is 1. The second kappa shape index (κ2) is 4.92. The zero-order valence-electron chi connectivity index (χ0n) is 14.4. The Morgan fingerprint density at radius 3 is 2.56 bits per heavy atom. The molecule has 128 valence electrons. The molecule has 0 aliphatic carbocycles. The van der Waals surface area contributed by atoms with Gasteiger partial charge in [-0.2, -0.15) is 4.57 Å². The van der Waals surface area contributed by atoms with E-state index in [1.807, 2.05) is 29.0 Å². The summed E-state index contributed by atoms with van der Waals surface area (Å²) in [5.41, 5.74) is 2.54. The molecule has 0 bridgehead atoms. The number of imidazole rings is 1. The Morgan fingerprint density at radius 2 is 1.88 bits per heavy atom. The standard InChI is InChI=1S/C17H17N5O3/c1-9-10(2)22-13-14(19(3)17(25)20(4)15(13)24)18-16(22)21(9)11-6-5-7-12(23)8-11/h5-8,13H,1-4H3/p+1. The Labute approximate surface area is 144 Å². The van der Waals surface area contributed by atoms with Gasteiger partial charge in [0.1, 0.15) is 22.8 Å². The van der Waals surface area contributed by atoms with E-state index in [4.69, 9.17) is 0 Å². The van der Waals surface area contributed by atoms with E-state index < -0.39 is 12.1 Å². The van der Waals surface area contributed by atoms with Crippen LogP contribution in [0.1, 0.15) is 17.4 Å². The second-order valence-corrected chi connectivity index (χ2v) is 6.31. The number of carbonyl (C=O) groups excluding carboxylic acids is 2. The Morgan fingerprint density at radius 1 is 1.16 bits per heavy atom. The number of rotatable bonds is 1. The number of nitrogens with zero attached hydrogens (tertiary/aromatic N) is 5. The fourth-order valence-electron chi connectivity index (χ4n) is 3.46. The highest BCUT2D eigenvalue weighted by molar-refractivity contribution is 6.18. The van der Waals surface area contributed by atoms with Crippen LogP contribution in [0.15, 0.2) is 29.3 Å². The van der Waals surface area contributed by atoms with Crippen LogP contribution in [0.25, 0.3) is 5.69 Å². The SMILES string of the molecule is Cc1c(C)[n+]2c(n1-c1cccc(O)c1)N=C1C2C(=O)N(C)C(=O)N1C. The minimum absolute atomic E-state index is 0.146. The van der Waals surface area contributed by atoms with Crippen LogP contribution in [-0.2, 0) is 4.79 Å². The number of benzene rings is 1. The van der Waals surface area contributed by atoms with Crippen molar-refractivity contribution < 1.29 is 19.3 Å². The van der Waals surface area contributed by atoms with Crippen molar-refractivity contribution in [3.8, 4) is 11.4 Å². The molecule has 3 amide bonds. The fourth-order valence-corrected chi connectivity index (χ4v) is 3.46. The predicted octanol–water partition coefficient (Wildman–Crippen LogP) is 1.20. The molecule has 1 aromatic heterocycles. The Hall–Kier alpha value is -3.16. The van der Waals surface area contributed by atoms with Gasteiger partial charge < -0.3 is 5.11 Å². The zero-order chi connectivity index (χ0) is 18.0. The van der Waals surface area contributed by atoms with Crippen LogP contribution >= 0.6 is 0 Å². The number of aromatic hydroxyl groups is 1. The molecule has 1 saturated heterocycles. The number of imide groups is 1. The van der Waals surface area contributed by atoms with Crippen LogP contribution in [0.4, 0.5) is 10.7 Å². The van der Waals surface area contributed by atoms with Gasteiger partial charge in [0.2, 0.25) is 11.9 Å². The fraction of sp³-hybridized carbons (Fsp3) is 0.294. The largest absolute Gasteiger partial charge is 0.508 e. The van der Waals surface area contributed by atoms with Crippen LogP contribution in [0, 0.1) is 13.8 Å². The molecule has 8 heteroatoms. The van der Waals surface area contributed by atoms with Crippen molar-refractivity contribution in [1.29, 1.82) is 0 Å². The lowest BCUT2D eigenvalue weighted by molar-refractivity contribution is -0.682. The van der Waals surface area contributed by atoms with E-state index in [0.717, 1.165) is 22.0 Å². The number of amides is 3. The molecule has 8 nitrogen and oxygen atoms in total. The lowest BCUT2D eigenvalue weighted by Crippen LogP contribution is -2.62. The summed E-state index contributed by atoms with van der Waals surface area (Å²) < 4.78 is 3.72. The summed E-state index contributed by atoms with van der Waals surface area (Å²) in [7, 11) is 3.09. The van der Waals surface area contributed by atoms with Crippen molar-refractivity contribution in [3.63, 3.8) is 0 Å². The minimum atomic E-state index is -0.653. The minimum Gasteiger partial charge on any atom is -0.508 e. The number of urea groups is 1. The molecule has 4 rings (SSSR count). The summed E-state index contributed by atoms with van der Waals surface area (Å²) in [4.78, 5) is 32.0. The first kappa shape index (κ1) is 15.4. The number of amidine groups is 1. The van der Waals surface area contributed by atoms with Crippen molar-refractivity contribution in [3.05, 3.63) is 35.7 Å². The number of fused-ring (bicyclic) bond motifs is 3. The van der Waals surface area contributed by atoms with Gasteiger partial charge in [-0.25, -0.2) is 9.36 Å². The molecular weight excluding hydrogens is 322 g/mol. The molecule has 1 fully saturated rings. The highest BCUT2D eigenvalue weighted by Gasteiger charge is 2.53. The average Bonchev–Trinajstić information content (AvgIpc) is 3.07. The van der Waals surface area contributed by atoms with Gasteiger partial charge in [-0.15, -0.1) is 0 Å². The Bertz CT molecular complexity index is 975. The first-order chi connectivity index (χ1) is 11.8. The lowest BCUT2D eigenvalue weighted by Gasteiger charge is -2.30. The predicted molar refractivity (Wildman–Crippen MR) is 89.2 cm³/mol. The van der Waals surface area contributed by atoms with E-state index >= 15 is 0 Å². The van der Waals surface area contributed by atoms with Gasteiger partial charge in [-0.1, -0.05) is 11.1 Å². The summed E-state index contributed by atoms with van der Waals surface area (Å²) in [6.07, 6.45) is 0. The topological polar surface area (TPSA) is 82.0 Å². The molecule has 0 radical (unpaired) electrons. The Balaban J connectivity index is 1.98. The summed E-state index contributed by atoms with van der Waals surface area (Å²) in [6, 6.07) is 5.79. The second-order valence-electron chi connectivity index (χ2n) is 6.31. The van der Waals surface area contributed by atoms with Crippen LogP contribution in [-0.4, -0.2) is 51.3 Å². The van der Waals surface area contributed by atoms with Gasteiger partial charge in [-0.3, -0.25) is 14.6 Å². The first-order valence-electron chi connectivity index (χ1n) is 7.89. The Kier molecular flexibility index (Phi) is 3.02. The van der Waals surface area contributed by atoms with E-state index in [1.165, 1.54) is 11.9 Å². The van der Waals surface area contributed by atoms with E-state index in [-0.39, 0.29) is 11.7 Å². The van der Waals surface area contributed by atoms with Gasteiger partial charge in [0.25, 0.3) is 5.91 Å². The number of phenols is 1. The first-order valence-corrected chi connectivity index (χ1v) is 7.89. The number of likely N-dealkylation sites (N-methyl/N-ethyl adjacent to an activating group) is 2. The van der Waals surface area contributed by atoms with Gasteiger partial charge in [0.15, 0.2) is 0 Å². The lowest BCUT2D eigenvalue weighted by atomic mass is 10.1. The van der Waals surface area contributed by atoms with Gasteiger partial charge in [0.05, 0.1) is 0 Å². The third kappa shape index (κ3) is 1.87. The summed E-state index contributed by atoms with van der Waals surface area (Å²) in [5.74, 6) is 0.818. The monoisotopic (exact) mass is 340 g/mol. The van der Waals surface area contributed by atoms with Crippen LogP contribution < -0.4 is 4.57 Å². The summed E-state index contributed by atoms with van der Waals surface area (Å²) >= 11 is 0. The highest BCUT2D eigenvalue weighted by Crippen LogP contribution is 2.33. The van der Waals surface area contributed by atoms with Crippen molar-refractivity contribution >= 4 is 23.7 Å². The van der Waals surface area contributed by atoms with E-state index in [1.54, 1.807) is 25.2 Å². The molecule has 1 atom stereocenters. The molecule has 2 aromatic rings. The molecular formula is C17H18N5O3+. The maximum Gasteiger partial charge on any atom is 0.407 e. The molecule has 3 heterocycles. The van der Waals surface area contributed by atoms with E-state index in [0.29, 0.717) is 11.8 Å². The number of carbonyl (C=O) groups is 2. The number of hydrogen-bond acceptors (Lipinski definition) is 4. The maximum absolute atomic E-state index is 12.7. The zero-order valence-corrected chi connectivity index (χ0v) is 14.4. The number of aromatic nitrogens is 2. The molecule has 1 N–H and O–H groups in total. The molecule has 1 aromatic carbocycles. The van der Waals surface area contributed by atoms with Gasteiger partial charge in [-0.05, 0) is 26.0 Å². The van der Waals surface area contributed by atoms with Crippen LogP contribution in [0.5, 0.6) is 5.75 Å². The van der Waals surface area contributed by atoms with E-state index in [9.17, 15) is 14.7 Å². The molecule has 2 aliphatic rings. The van der Waals surface area contributed by atoms with E-state index in [2.05, 4.69) is 4.99 Å². The molecule has 1 unspecified atom stereocenters. The highest BCUT2D eigenvalue weighted by atomic mass is 16.3. The number of phenolic OH excluding ortho intramolecular Hbond substituents is 1. The summed E-state index contributed by atoms with van der Waals surface area (Å²) in [6.45, 7) is 3.85. The van der Waals surface area contributed by atoms with Crippen molar-refractivity contribution in [2.24, 2.45) is 4.99 Å². The van der Waals surface area contributed by atoms with Gasteiger partial charge in [0, 0.05) is 20.2 Å². The summed E-state index contributed by atoms with van der Waals surface area (Å²) in [5, 5.41) is 9.81. The number of hydrogen-bond donors (Lipinski definition) is 1. The quantitative estimate of drug-likeness (QED) is 0.792. The molecule has 0 saturated carbocycles.